The van der Waals surface area contributed by atoms with Crippen LogP contribution in [0.3, 0.4) is 0 Å². The number of halogens is 4. The predicted molar refractivity (Wildman–Crippen MR) is 277 cm³/mol. The van der Waals surface area contributed by atoms with E-state index in [1.54, 1.807) is 60.8 Å². The quantitative estimate of drug-likeness (QED) is 0.0656. The molecule has 0 unspecified atom stereocenters. The Labute approximate surface area is 439 Å². The number of anilines is 2. The lowest BCUT2D eigenvalue weighted by molar-refractivity contribution is 0.0690. The number of methoxy groups -OCH3 is 1. The summed E-state index contributed by atoms with van der Waals surface area (Å²) in [5, 5.41) is 10.7. The smallest absolute Gasteiger partial charge is 0.354 e. The first-order valence-corrected chi connectivity index (χ1v) is 25.7. The Morgan fingerprint density at radius 3 is 1.60 bits per heavy atom. The molecule has 6 aromatic heterocycles. The number of hydrogen-bond donors (Lipinski definition) is 4. The minimum atomic E-state index is -4.79. The highest BCUT2D eigenvalue weighted by molar-refractivity contribution is 7.93. The highest BCUT2D eigenvalue weighted by atomic mass is 32.2. The molecule has 0 saturated carbocycles. The molecule has 0 aliphatic heterocycles. The minimum absolute atomic E-state index is 0.0658. The van der Waals surface area contributed by atoms with Gasteiger partial charge in [-0.3, -0.25) is 24.2 Å². The lowest BCUT2D eigenvalue weighted by atomic mass is 9.97. The molecule has 0 saturated heterocycles. The molecule has 78 heavy (non-hydrogen) atoms. The van der Waals surface area contributed by atoms with Crippen molar-refractivity contribution in [2.45, 2.75) is 16.4 Å². The summed E-state index contributed by atoms with van der Waals surface area (Å²) in [6.45, 7) is -0.383. The maximum Gasteiger partial charge on any atom is 0.354 e. The van der Waals surface area contributed by atoms with Crippen LogP contribution >= 0.6 is 0 Å². The molecule has 10 aromatic rings. The molecular formula is C54H35F4N9O9S2. The molecule has 6 heterocycles. The topological polar surface area (TPSA) is 269 Å². The maximum absolute atomic E-state index is 15.1. The fourth-order valence-corrected chi connectivity index (χ4v) is 10.5. The zero-order valence-electron chi connectivity index (χ0n) is 39.9. The summed E-state index contributed by atoms with van der Waals surface area (Å²) in [6.07, 6.45) is 7.22. The minimum Gasteiger partial charge on any atom is -0.480 e. The van der Waals surface area contributed by atoms with Gasteiger partial charge in [0.25, 0.3) is 26.0 Å². The second-order valence-corrected chi connectivity index (χ2v) is 20.3. The third-order valence-electron chi connectivity index (χ3n) is 12.0. The summed E-state index contributed by atoms with van der Waals surface area (Å²) >= 11 is 0. The summed E-state index contributed by atoms with van der Waals surface area (Å²) in [5.41, 5.74) is 9.81. The Hall–Kier alpha value is -9.94. The predicted octanol–water partition coefficient (Wildman–Crippen LogP) is 9.57. The van der Waals surface area contributed by atoms with Crippen LogP contribution in [0.15, 0.2) is 162 Å². The van der Waals surface area contributed by atoms with E-state index >= 15 is 4.39 Å². The number of hydrogen-bond acceptors (Lipinski definition) is 14. The molecule has 10 rings (SSSR count). The Bertz CT molecular complexity index is 4310. The number of carbonyl (C=O) groups is 2. The second kappa shape index (κ2) is 20.6. The van der Waals surface area contributed by atoms with E-state index in [2.05, 4.69) is 34.4 Å². The molecule has 0 aliphatic rings. The fraction of sp³-hybridized carbons (Fsp3) is 0.0370. The van der Waals surface area contributed by atoms with E-state index in [1.807, 2.05) is 0 Å². The van der Waals surface area contributed by atoms with Crippen molar-refractivity contribution in [2.24, 2.45) is 5.73 Å². The van der Waals surface area contributed by atoms with Gasteiger partial charge in [-0.25, -0.2) is 59.1 Å². The number of primary amides is 1. The van der Waals surface area contributed by atoms with Gasteiger partial charge in [-0.15, -0.1) is 0 Å². The van der Waals surface area contributed by atoms with E-state index < -0.39 is 65.0 Å². The summed E-state index contributed by atoms with van der Waals surface area (Å²) in [7, 11) is -8.18. The molecule has 0 radical (unpaired) electrons. The van der Waals surface area contributed by atoms with Crippen LogP contribution in [0.25, 0.3) is 66.3 Å². The monoisotopic (exact) mass is 1090 g/mol. The van der Waals surface area contributed by atoms with Crippen LogP contribution in [0.1, 0.15) is 26.7 Å². The highest BCUT2D eigenvalue weighted by Gasteiger charge is 2.25. The number of amides is 1. The molecular weight excluding hydrogens is 1060 g/mol. The first-order chi connectivity index (χ1) is 37.3. The van der Waals surface area contributed by atoms with Crippen LogP contribution in [0.4, 0.5) is 28.9 Å². The van der Waals surface area contributed by atoms with Crippen molar-refractivity contribution in [2.75, 3.05) is 16.6 Å². The van der Waals surface area contributed by atoms with E-state index in [-0.39, 0.29) is 46.8 Å². The van der Waals surface area contributed by atoms with Gasteiger partial charge in [0, 0.05) is 76.1 Å². The van der Waals surface area contributed by atoms with Gasteiger partial charge in [-0.05, 0) is 107 Å². The molecule has 390 valence electrons. The second-order valence-electron chi connectivity index (χ2n) is 17.0. The highest BCUT2D eigenvalue weighted by Crippen LogP contribution is 2.38. The largest absolute Gasteiger partial charge is 0.480 e. The first-order valence-electron chi connectivity index (χ1n) is 22.8. The number of fused-ring (bicyclic) bond motifs is 2. The molecule has 1 amide bonds. The van der Waals surface area contributed by atoms with Crippen LogP contribution in [-0.4, -0.2) is 70.8 Å². The molecule has 0 fully saturated rings. The molecule has 0 aliphatic carbocycles. The van der Waals surface area contributed by atoms with Crippen LogP contribution < -0.4 is 24.7 Å². The number of nitrogens with zero attached hydrogens (tertiary/aromatic N) is 6. The Balaban J connectivity index is 1.03. The van der Waals surface area contributed by atoms with Crippen LogP contribution in [0.5, 0.6) is 11.8 Å². The Kier molecular flexibility index (Phi) is 13.6. The van der Waals surface area contributed by atoms with Gasteiger partial charge in [-0.1, -0.05) is 24.3 Å². The third kappa shape index (κ3) is 10.5. The molecule has 0 spiro atoms. The molecule has 5 N–H and O–H groups in total. The van der Waals surface area contributed by atoms with Gasteiger partial charge >= 0.3 is 5.97 Å². The lowest BCUT2D eigenvalue weighted by Crippen LogP contribution is -2.16. The lowest BCUT2D eigenvalue weighted by Gasteiger charge is -2.16. The third-order valence-corrected chi connectivity index (χ3v) is 14.8. The van der Waals surface area contributed by atoms with Crippen molar-refractivity contribution in [1.82, 2.24) is 29.9 Å². The molecule has 0 atom stereocenters. The van der Waals surface area contributed by atoms with Crippen LogP contribution in [0, 0.1) is 23.3 Å². The average molecular weight is 1090 g/mol. The number of carbonyl (C=O) groups excluding carboxylic acids is 1. The number of aromatic carboxylic acids is 1. The number of carboxylic acids is 1. The van der Waals surface area contributed by atoms with Crippen molar-refractivity contribution in [3.63, 3.8) is 0 Å². The number of nitrogens with one attached hydrogen (secondary N) is 2. The van der Waals surface area contributed by atoms with Crippen molar-refractivity contribution in [1.29, 1.82) is 0 Å². The standard InChI is InChI=1S/C54H35F4N9O9S2/c1-75-52-47(66-77(71,72)49-12-6-34(55)20-41(49)57)18-32(25-63-52)29-3-9-44-40(17-29)38(31-5-11-46(54(69)70)62-24-31)22-36(65-44)27-76-53-48(67-78(73,74)50-13-7-35(56)21-42(50)58)19-33(26-64-53)28-2-8-43-39(16-28)37(14-15-60-43)30-4-10-45(51(59)68)61-23-30/h2-26,66-67H,27H2,1H3,(H2,59,68)(H,69,70). The molecule has 24 heteroatoms. The molecule has 0 bridgehead atoms. The van der Waals surface area contributed by atoms with Gasteiger partial charge in [0.05, 0.1) is 23.8 Å². The number of aromatic nitrogens is 6. The Morgan fingerprint density at radius 2 is 1.06 bits per heavy atom. The van der Waals surface area contributed by atoms with E-state index in [1.165, 1.54) is 62.2 Å². The normalized spacial score (nSPS) is 11.6. The van der Waals surface area contributed by atoms with Gasteiger partial charge in [0.1, 0.15) is 62.4 Å². The molecule has 4 aromatic carbocycles. The fourth-order valence-electron chi connectivity index (χ4n) is 8.30. The summed E-state index contributed by atoms with van der Waals surface area (Å²) < 4.78 is 128. The molecule has 18 nitrogen and oxygen atoms in total. The van der Waals surface area contributed by atoms with Gasteiger partial charge in [0.2, 0.25) is 11.8 Å². The zero-order chi connectivity index (χ0) is 55.0. The van der Waals surface area contributed by atoms with E-state index in [0.29, 0.717) is 78.4 Å². The van der Waals surface area contributed by atoms with Gasteiger partial charge < -0.3 is 20.3 Å². The van der Waals surface area contributed by atoms with Crippen molar-refractivity contribution in [3.05, 3.63) is 193 Å². The van der Waals surface area contributed by atoms with E-state index in [4.69, 9.17) is 20.2 Å². The number of ether oxygens (including phenoxy) is 2. The summed E-state index contributed by atoms with van der Waals surface area (Å²) in [5.74, 6) is -7.12. The van der Waals surface area contributed by atoms with Crippen molar-refractivity contribution >= 4 is 65.1 Å². The average Bonchev–Trinajstić information content (AvgIpc) is 3.49. The SMILES string of the molecule is COc1ncc(-c2ccc3nc(COc4ncc(-c5ccc6nccc(-c7ccc(C(N)=O)nc7)c6c5)cc4NS(=O)(=O)c4ccc(F)cc4F)cc(-c4ccc(C(=O)O)nc4)c3c2)cc1NS(=O)(=O)c1ccc(F)cc1F. The van der Waals surface area contributed by atoms with E-state index in [9.17, 15) is 44.7 Å². The number of rotatable bonds is 16. The van der Waals surface area contributed by atoms with Crippen molar-refractivity contribution in [3.8, 4) is 56.3 Å². The Morgan fingerprint density at radius 1 is 0.551 bits per heavy atom. The number of nitrogens with two attached hydrogens (primary N) is 1. The van der Waals surface area contributed by atoms with Gasteiger partial charge in [0.15, 0.2) is 0 Å². The summed E-state index contributed by atoms with van der Waals surface area (Å²) in [4.78, 5) is 48.1. The van der Waals surface area contributed by atoms with Crippen LogP contribution in [-0.2, 0) is 26.7 Å². The number of benzene rings is 4. The van der Waals surface area contributed by atoms with E-state index in [0.717, 1.165) is 24.3 Å². The first kappa shape index (κ1) is 51.5. The number of sulfonamides is 2. The number of carboxylic acid groups (broad SMARTS) is 1. The summed E-state index contributed by atoms with van der Waals surface area (Å²) in [6, 6.07) is 26.3. The number of pyridine rings is 6. The van der Waals surface area contributed by atoms with Crippen molar-refractivity contribution < 1.29 is 58.6 Å². The maximum atomic E-state index is 15.1. The van der Waals surface area contributed by atoms with Crippen LogP contribution in [0.2, 0.25) is 0 Å². The van der Waals surface area contributed by atoms with Gasteiger partial charge in [-0.2, -0.15) is 0 Å². The zero-order valence-corrected chi connectivity index (χ0v) is 41.6.